The van der Waals surface area contributed by atoms with Crippen molar-refractivity contribution in [3.8, 4) is 0 Å². The average molecular weight is 277 g/mol. The molecule has 0 saturated carbocycles. The summed E-state index contributed by atoms with van der Waals surface area (Å²) < 4.78 is 6.06. The molecule has 20 heavy (non-hydrogen) atoms. The summed E-state index contributed by atoms with van der Waals surface area (Å²) in [6.45, 7) is 8.38. The summed E-state index contributed by atoms with van der Waals surface area (Å²) in [6.07, 6.45) is 6.37. The van der Waals surface area contributed by atoms with Gasteiger partial charge in [0.2, 0.25) is 0 Å². The van der Waals surface area contributed by atoms with E-state index in [9.17, 15) is 0 Å². The minimum Gasteiger partial charge on any atom is -0.372 e. The second-order valence-corrected chi connectivity index (χ2v) is 5.34. The maximum Gasteiger partial charge on any atom is 0.0977 e. The lowest BCUT2D eigenvalue weighted by atomic mass is 9.97. The molecule has 2 nitrogen and oxygen atoms in total. The number of ether oxygens (including phenoxy) is 1. The molecule has 0 aliphatic rings. The minimum absolute atomic E-state index is 0.171. The van der Waals surface area contributed by atoms with Crippen molar-refractivity contribution >= 4 is 0 Å². The van der Waals surface area contributed by atoms with Gasteiger partial charge in [-0.3, -0.25) is 0 Å². The van der Waals surface area contributed by atoms with Crippen LogP contribution in [0.4, 0.5) is 0 Å². The Bertz CT molecular complexity index is 325. The van der Waals surface area contributed by atoms with Crippen LogP contribution in [0, 0.1) is 0 Å². The molecule has 0 aromatic heterocycles. The number of hydrogen-bond acceptors (Lipinski definition) is 2. The molecule has 114 valence electrons. The molecule has 0 fully saturated rings. The van der Waals surface area contributed by atoms with E-state index in [2.05, 4.69) is 56.4 Å². The molecule has 1 aromatic carbocycles. The molecule has 1 rings (SSSR count). The molecule has 0 aliphatic carbocycles. The smallest absolute Gasteiger partial charge is 0.0977 e. The zero-order valence-corrected chi connectivity index (χ0v) is 13.4. The maximum absolute atomic E-state index is 6.06. The largest absolute Gasteiger partial charge is 0.372 e. The van der Waals surface area contributed by atoms with E-state index in [1.807, 2.05) is 0 Å². The van der Waals surface area contributed by atoms with Gasteiger partial charge in [0.15, 0.2) is 0 Å². The Balaban J connectivity index is 2.74. The van der Waals surface area contributed by atoms with E-state index in [0.717, 1.165) is 19.6 Å². The Morgan fingerprint density at radius 1 is 1.00 bits per heavy atom. The van der Waals surface area contributed by atoms with Crippen molar-refractivity contribution in [3.05, 3.63) is 35.9 Å². The van der Waals surface area contributed by atoms with E-state index in [4.69, 9.17) is 4.74 Å². The fraction of sp³-hybridized carbons (Fsp3) is 0.667. The van der Waals surface area contributed by atoms with Crippen molar-refractivity contribution in [2.75, 3.05) is 13.2 Å². The number of benzene rings is 1. The van der Waals surface area contributed by atoms with Gasteiger partial charge in [-0.2, -0.15) is 0 Å². The van der Waals surface area contributed by atoms with Gasteiger partial charge in [0, 0.05) is 12.6 Å². The molecule has 2 unspecified atom stereocenters. The van der Waals surface area contributed by atoms with Gasteiger partial charge in [-0.05, 0) is 31.9 Å². The van der Waals surface area contributed by atoms with E-state index >= 15 is 0 Å². The Labute approximate surface area is 124 Å². The Morgan fingerprint density at radius 2 is 1.75 bits per heavy atom. The van der Waals surface area contributed by atoms with Gasteiger partial charge in [0.25, 0.3) is 0 Å². The fourth-order valence-corrected chi connectivity index (χ4v) is 2.57. The summed E-state index contributed by atoms with van der Waals surface area (Å²) in [4.78, 5) is 0. The summed E-state index contributed by atoms with van der Waals surface area (Å²) in [5.41, 5.74) is 1.29. The molecular weight excluding hydrogens is 246 g/mol. The molecular formula is C18H31NO. The van der Waals surface area contributed by atoms with Crippen LogP contribution in [0.3, 0.4) is 0 Å². The Kier molecular flexibility index (Phi) is 9.35. The van der Waals surface area contributed by atoms with Gasteiger partial charge in [-0.1, -0.05) is 63.4 Å². The van der Waals surface area contributed by atoms with Crippen molar-refractivity contribution in [2.24, 2.45) is 0 Å². The number of nitrogens with one attached hydrogen (secondary N) is 1. The van der Waals surface area contributed by atoms with Crippen LogP contribution < -0.4 is 5.32 Å². The summed E-state index contributed by atoms with van der Waals surface area (Å²) >= 11 is 0. The summed E-state index contributed by atoms with van der Waals surface area (Å²) in [5.74, 6) is 0. The van der Waals surface area contributed by atoms with Crippen LogP contribution in [0.2, 0.25) is 0 Å². The number of hydrogen-bond donors (Lipinski definition) is 1. The highest BCUT2D eigenvalue weighted by Gasteiger charge is 2.22. The molecule has 0 spiro atoms. The monoisotopic (exact) mass is 277 g/mol. The summed E-state index contributed by atoms with van der Waals surface area (Å²) in [6, 6.07) is 11.1. The third kappa shape index (κ3) is 6.06. The van der Waals surface area contributed by atoms with Crippen LogP contribution in [0.5, 0.6) is 0 Å². The van der Waals surface area contributed by atoms with Crippen molar-refractivity contribution in [1.29, 1.82) is 0 Å². The van der Waals surface area contributed by atoms with E-state index in [1.165, 1.54) is 31.2 Å². The molecule has 0 heterocycles. The molecule has 1 aromatic rings. The molecule has 2 heteroatoms. The molecule has 0 saturated heterocycles. The first-order valence-electron chi connectivity index (χ1n) is 8.23. The van der Waals surface area contributed by atoms with Crippen LogP contribution in [0.25, 0.3) is 0 Å². The van der Waals surface area contributed by atoms with Crippen LogP contribution in [0.15, 0.2) is 30.3 Å². The van der Waals surface area contributed by atoms with Crippen LogP contribution in [-0.2, 0) is 4.74 Å². The lowest BCUT2D eigenvalue weighted by Gasteiger charge is -2.28. The van der Waals surface area contributed by atoms with Crippen LogP contribution >= 0.6 is 0 Å². The summed E-state index contributed by atoms with van der Waals surface area (Å²) in [7, 11) is 0. The number of rotatable bonds is 11. The van der Waals surface area contributed by atoms with Crippen molar-refractivity contribution in [1.82, 2.24) is 5.32 Å². The topological polar surface area (TPSA) is 21.3 Å². The van der Waals surface area contributed by atoms with Gasteiger partial charge < -0.3 is 10.1 Å². The molecule has 0 bridgehead atoms. The molecule has 0 amide bonds. The van der Waals surface area contributed by atoms with Gasteiger partial charge in [0.05, 0.1) is 6.10 Å². The maximum atomic E-state index is 6.06. The first kappa shape index (κ1) is 17.2. The fourth-order valence-electron chi connectivity index (χ4n) is 2.57. The quantitative estimate of drug-likeness (QED) is 0.591. The second-order valence-electron chi connectivity index (χ2n) is 5.34. The zero-order chi connectivity index (χ0) is 14.6. The van der Waals surface area contributed by atoms with Crippen molar-refractivity contribution in [3.63, 3.8) is 0 Å². The summed E-state index contributed by atoms with van der Waals surface area (Å²) in [5, 5.41) is 3.69. The van der Waals surface area contributed by atoms with E-state index < -0.39 is 0 Å². The Morgan fingerprint density at radius 3 is 2.35 bits per heavy atom. The SMILES string of the molecule is CCCCCC(NCCC)C(OCC)c1ccccc1. The van der Waals surface area contributed by atoms with Gasteiger partial charge >= 0.3 is 0 Å². The van der Waals surface area contributed by atoms with E-state index in [-0.39, 0.29) is 6.10 Å². The average Bonchev–Trinajstić information content (AvgIpc) is 2.50. The Hall–Kier alpha value is -0.860. The van der Waals surface area contributed by atoms with E-state index in [0.29, 0.717) is 6.04 Å². The van der Waals surface area contributed by atoms with Crippen LogP contribution in [0.1, 0.15) is 64.5 Å². The predicted octanol–water partition coefficient (Wildman–Crippen LogP) is 4.71. The van der Waals surface area contributed by atoms with Gasteiger partial charge in [0.1, 0.15) is 0 Å². The highest BCUT2D eigenvalue weighted by atomic mass is 16.5. The van der Waals surface area contributed by atoms with E-state index in [1.54, 1.807) is 0 Å². The molecule has 0 aliphatic heterocycles. The van der Waals surface area contributed by atoms with Gasteiger partial charge in [-0.25, -0.2) is 0 Å². The first-order chi connectivity index (χ1) is 9.83. The normalized spacial score (nSPS) is 14.2. The minimum atomic E-state index is 0.171. The molecule has 2 atom stereocenters. The second kappa shape index (κ2) is 10.9. The lowest BCUT2D eigenvalue weighted by Crippen LogP contribution is -2.36. The van der Waals surface area contributed by atoms with Crippen LogP contribution in [-0.4, -0.2) is 19.2 Å². The third-order valence-electron chi connectivity index (χ3n) is 3.61. The van der Waals surface area contributed by atoms with Crippen molar-refractivity contribution < 1.29 is 4.74 Å². The standard InChI is InChI=1S/C18H31NO/c1-4-7-9-14-17(19-15-5-2)18(20-6-3)16-12-10-8-11-13-16/h8,10-13,17-19H,4-7,9,14-15H2,1-3H3. The first-order valence-corrected chi connectivity index (χ1v) is 8.23. The number of unbranched alkanes of at least 4 members (excludes halogenated alkanes) is 2. The predicted molar refractivity (Wildman–Crippen MR) is 87.0 cm³/mol. The van der Waals surface area contributed by atoms with Gasteiger partial charge in [-0.15, -0.1) is 0 Å². The molecule has 0 radical (unpaired) electrons. The zero-order valence-electron chi connectivity index (χ0n) is 13.4. The highest BCUT2D eigenvalue weighted by Crippen LogP contribution is 2.24. The third-order valence-corrected chi connectivity index (χ3v) is 3.61. The lowest BCUT2D eigenvalue weighted by molar-refractivity contribution is 0.0302. The molecule has 1 N–H and O–H groups in total. The highest BCUT2D eigenvalue weighted by molar-refractivity contribution is 5.19. The van der Waals surface area contributed by atoms with Crippen molar-refractivity contribution in [2.45, 2.75) is 65.0 Å².